The largest absolute Gasteiger partial charge is 0.357 e. The van der Waals surface area contributed by atoms with Crippen molar-refractivity contribution in [2.75, 3.05) is 20.6 Å². The summed E-state index contributed by atoms with van der Waals surface area (Å²) in [5.74, 6) is 0. The molecule has 0 spiro atoms. The monoisotopic (exact) mass is 317 g/mol. The summed E-state index contributed by atoms with van der Waals surface area (Å²) in [4.78, 5) is 37.0. The molecule has 1 aliphatic rings. The molecule has 1 rings (SSSR count). The molecular weight excluding hydrogens is 294 g/mol. The molecule has 0 radical (unpaired) electrons. The molecule has 19 heavy (non-hydrogen) atoms. The first-order valence-corrected chi connectivity index (χ1v) is 9.26. The second-order valence-electron chi connectivity index (χ2n) is 5.82. The first-order valence-electron chi connectivity index (χ1n) is 6.04. The maximum Gasteiger partial charge on any atom is 0.357 e. The minimum atomic E-state index is -5.13. The molecule has 1 heterocycles. The normalized spacial score (nSPS) is 25.3. The average Bonchev–Trinajstić information content (AvgIpc) is 2.17. The molecule has 0 amide bonds. The van der Waals surface area contributed by atoms with E-state index in [9.17, 15) is 28.7 Å². The van der Waals surface area contributed by atoms with E-state index >= 15 is 0 Å². The fourth-order valence-corrected chi connectivity index (χ4v) is 4.79. The minimum Gasteiger partial charge on any atom is -0.326 e. The summed E-state index contributed by atoms with van der Waals surface area (Å²) < 4.78 is 23.4. The van der Waals surface area contributed by atoms with Gasteiger partial charge in [-0.2, -0.15) is 0 Å². The smallest absolute Gasteiger partial charge is 0.326 e. The van der Waals surface area contributed by atoms with Crippen LogP contribution < -0.4 is 5.73 Å². The zero-order valence-electron chi connectivity index (χ0n) is 11.1. The summed E-state index contributed by atoms with van der Waals surface area (Å²) in [5.41, 5.74) is 5.47. The maximum absolute atomic E-state index is 11.5. The Hall–Kier alpha value is 0.220. The van der Waals surface area contributed by atoms with E-state index in [1.807, 2.05) is 14.1 Å². The van der Waals surface area contributed by atoms with E-state index in [0.29, 0.717) is 10.9 Å². The van der Waals surface area contributed by atoms with Crippen molar-refractivity contribution in [2.24, 2.45) is 5.73 Å². The van der Waals surface area contributed by atoms with Crippen LogP contribution in [0, 0.1) is 0 Å². The Labute approximate surface area is 112 Å². The molecule has 0 aromatic carbocycles. The molecule has 0 bridgehead atoms. The van der Waals surface area contributed by atoms with Crippen molar-refractivity contribution >= 4 is 15.2 Å². The summed E-state index contributed by atoms with van der Waals surface area (Å²) in [5, 5.41) is -2.79. The molecule has 0 aliphatic carbocycles. The standard InChI is InChI=1S/C9H22N2O6P2/c1-11(2)6-4-3-5-8(11)7-9(10,18(12,13)14)19(15,16)17/h8H,3-7,10H2,1-2H3,(H3-,12,13,14,15,16,17)/p+1. The highest BCUT2D eigenvalue weighted by Crippen LogP contribution is 2.68. The topological polar surface area (TPSA) is 141 Å². The Morgan fingerprint density at radius 2 is 1.63 bits per heavy atom. The predicted octanol–water partition coefficient (Wildman–Crippen LogP) is -0.0267. The van der Waals surface area contributed by atoms with Gasteiger partial charge in [0.1, 0.15) is 0 Å². The SMILES string of the molecule is C[N+]1(C)CCCCC1CC(N)(P(=O)(O)O)P(=O)(O)O. The number of likely N-dealkylation sites (tertiary alicyclic amines) is 1. The lowest BCUT2D eigenvalue weighted by Crippen LogP contribution is -2.56. The van der Waals surface area contributed by atoms with Gasteiger partial charge >= 0.3 is 15.2 Å². The van der Waals surface area contributed by atoms with Gasteiger partial charge in [-0.05, 0) is 19.3 Å². The second kappa shape index (κ2) is 5.20. The zero-order chi connectivity index (χ0) is 15.1. The number of rotatable bonds is 4. The molecule has 1 aliphatic heterocycles. The molecule has 114 valence electrons. The number of hydrogen-bond acceptors (Lipinski definition) is 3. The molecule has 1 atom stereocenters. The van der Waals surface area contributed by atoms with Gasteiger partial charge in [-0.1, -0.05) is 0 Å². The fourth-order valence-electron chi connectivity index (χ4n) is 2.53. The van der Waals surface area contributed by atoms with Crippen LogP contribution in [0.25, 0.3) is 0 Å². The first kappa shape index (κ1) is 17.3. The highest BCUT2D eigenvalue weighted by atomic mass is 31.2. The lowest BCUT2D eigenvalue weighted by atomic mass is 9.97. The molecule has 1 saturated heterocycles. The number of nitrogens with zero attached hydrogens (tertiary/aromatic N) is 1. The zero-order valence-corrected chi connectivity index (χ0v) is 12.9. The molecule has 10 heteroatoms. The molecule has 0 aromatic rings. The number of hydrogen-bond donors (Lipinski definition) is 5. The predicted molar refractivity (Wildman–Crippen MR) is 70.2 cm³/mol. The second-order valence-corrected chi connectivity index (χ2v) is 9.95. The van der Waals surface area contributed by atoms with Crippen LogP contribution in [-0.2, 0) is 9.13 Å². The van der Waals surface area contributed by atoms with Gasteiger partial charge in [-0.25, -0.2) is 0 Å². The van der Waals surface area contributed by atoms with Gasteiger partial charge in [-0.3, -0.25) is 9.13 Å². The Morgan fingerprint density at radius 3 is 2.00 bits per heavy atom. The third-order valence-corrected chi connectivity index (χ3v) is 8.00. The maximum atomic E-state index is 11.5. The van der Waals surface area contributed by atoms with Crippen LogP contribution in [0.2, 0.25) is 0 Å². The van der Waals surface area contributed by atoms with Crippen molar-refractivity contribution < 1.29 is 33.2 Å². The summed E-state index contributed by atoms with van der Waals surface area (Å²) in [6.07, 6.45) is 2.10. The summed E-state index contributed by atoms with van der Waals surface area (Å²) in [7, 11) is -6.50. The van der Waals surface area contributed by atoms with Crippen molar-refractivity contribution in [2.45, 2.75) is 36.7 Å². The molecule has 0 aromatic heterocycles. The Bertz CT molecular complexity index is 406. The van der Waals surface area contributed by atoms with E-state index in [0.717, 1.165) is 19.4 Å². The van der Waals surface area contributed by atoms with E-state index in [1.54, 1.807) is 0 Å². The number of piperidine rings is 1. The molecule has 6 N–H and O–H groups in total. The van der Waals surface area contributed by atoms with Crippen LogP contribution in [0.1, 0.15) is 25.7 Å². The van der Waals surface area contributed by atoms with Crippen LogP contribution in [-0.4, -0.2) is 55.8 Å². The van der Waals surface area contributed by atoms with Crippen molar-refractivity contribution in [3.05, 3.63) is 0 Å². The molecule has 0 saturated carbocycles. The molecule has 8 nitrogen and oxygen atoms in total. The van der Waals surface area contributed by atoms with Gasteiger partial charge in [0.05, 0.1) is 26.7 Å². The summed E-state index contributed by atoms with van der Waals surface area (Å²) in [6, 6.07) is -0.279. The first-order chi connectivity index (χ1) is 8.31. The van der Waals surface area contributed by atoms with E-state index in [2.05, 4.69) is 0 Å². The highest BCUT2D eigenvalue weighted by Gasteiger charge is 2.60. The Morgan fingerprint density at radius 1 is 1.16 bits per heavy atom. The van der Waals surface area contributed by atoms with Crippen LogP contribution in [0.15, 0.2) is 0 Å². The Kier molecular flexibility index (Phi) is 4.73. The minimum absolute atomic E-state index is 0.279. The molecular formula is C9H23N2O6P2+. The molecule has 1 fully saturated rings. The number of nitrogens with two attached hydrogens (primary N) is 1. The fraction of sp³-hybridized carbons (Fsp3) is 1.00. The van der Waals surface area contributed by atoms with E-state index in [4.69, 9.17) is 5.73 Å². The van der Waals surface area contributed by atoms with E-state index < -0.39 is 26.6 Å². The van der Waals surface area contributed by atoms with E-state index in [1.165, 1.54) is 0 Å². The summed E-state index contributed by atoms with van der Waals surface area (Å²) >= 11 is 0. The van der Waals surface area contributed by atoms with Crippen molar-refractivity contribution in [1.82, 2.24) is 0 Å². The van der Waals surface area contributed by atoms with Crippen molar-refractivity contribution in [1.29, 1.82) is 0 Å². The van der Waals surface area contributed by atoms with Gasteiger partial charge in [0, 0.05) is 6.42 Å². The van der Waals surface area contributed by atoms with Crippen LogP contribution in [0.3, 0.4) is 0 Å². The average molecular weight is 317 g/mol. The third-order valence-electron chi connectivity index (χ3n) is 4.06. The lowest BCUT2D eigenvalue weighted by Gasteiger charge is -2.45. The van der Waals surface area contributed by atoms with Gasteiger partial charge in [0.15, 0.2) is 0 Å². The lowest BCUT2D eigenvalue weighted by molar-refractivity contribution is -0.920. The van der Waals surface area contributed by atoms with Crippen LogP contribution in [0.4, 0.5) is 0 Å². The Balaban J connectivity index is 3.10. The van der Waals surface area contributed by atoms with Crippen LogP contribution >= 0.6 is 15.2 Å². The quantitative estimate of drug-likeness (QED) is 0.362. The van der Waals surface area contributed by atoms with Gasteiger partial charge in [0.25, 0.3) is 0 Å². The highest BCUT2D eigenvalue weighted by molar-refractivity contribution is 7.72. The summed E-state index contributed by atoms with van der Waals surface area (Å²) in [6.45, 7) is 0.795. The van der Waals surface area contributed by atoms with Crippen LogP contribution in [0.5, 0.6) is 0 Å². The van der Waals surface area contributed by atoms with Gasteiger partial charge in [-0.15, -0.1) is 0 Å². The van der Waals surface area contributed by atoms with Gasteiger partial charge in [0.2, 0.25) is 5.02 Å². The molecule has 1 unspecified atom stereocenters. The van der Waals surface area contributed by atoms with Crippen molar-refractivity contribution in [3.8, 4) is 0 Å². The van der Waals surface area contributed by atoms with Gasteiger partial charge < -0.3 is 29.8 Å². The third kappa shape index (κ3) is 3.46. The van der Waals surface area contributed by atoms with E-state index in [-0.39, 0.29) is 6.04 Å². The number of quaternary nitrogens is 1. The van der Waals surface area contributed by atoms with Crippen molar-refractivity contribution in [3.63, 3.8) is 0 Å².